The lowest BCUT2D eigenvalue weighted by atomic mass is 10.2. The number of hydrogen-bond acceptors (Lipinski definition) is 5. The predicted octanol–water partition coefficient (Wildman–Crippen LogP) is 1.24. The Balaban J connectivity index is 3.01. The molecule has 0 bridgehead atoms. The molecule has 1 rings (SSSR count). The maximum absolute atomic E-state index is 12.6. The van der Waals surface area contributed by atoms with Crippen molar-refractivity contribution < 1.29 is 37.1 Å². The summed E-state index contributed by atoms with van der Waals surface area (Å²) in [7, 11) is 0. The summed E-state index contributed by atoms with van der Waals surface area (Å²) < 4.78 is 53.3. The molecule has 0 aliphatic rings. The van der Waals surface area contributed by atoms with E-state index >= 15 is 0 Å². The van der Waals surface area contributed by atoms with E-state index in [1.54, 1.807) is 0 Å². The fourth-order valence-corrected chi connectivity index (χ4v) is 1.15. The van der Waals surface area contributed by atoms with Crippen LogP contribution >= 0.6 is 0 Å². The van der Waals surface area contributed by atoms with Crippen LogP contribution in [0.2, 0.25) is 0 Å². The van der Waals surface area contributed by atoms with Gasteiger partial charge in [0.1, 0.15) is 0 Å². The summed E-state index contributed by atoms with van der Waals surface area (Å²) in [6, 6.07) is 2.04. The Bertz CT molecular complexity index is 534. The number of rotatable bonds is 6. The van der Waals surface area contributed by atoms with Crippen molar-refractivity contribution in [2.75, 3.05) is 6.61 Å². The minimum Gasteiger partial charge on any atom is -0.545 e. The second kappa shape index (κ2) is 5.72. The van der Waals surface area contributed by atoms with Crippen LogP contribution in [0.3, 0.4) is 0 Å². The lowest BCUT2D eigenvalue weighted by Gasteiger charge is -2.16. The molecule has 0 heterocycles. The number of halogens is 4. The van der Waals surface area contributed by atoms with Gasteiger partial charge in [-0.05, 0) is 12.1 Å². The maximum atomic E-state index is 12.6. The van der Waals surface area contributed by atoms with Crippen molar-refractivity contribution in [1.29, 1.82) is 0 Å². The first kappa shape index (κ1) is 15.7. The summed E-state index contributed by atoms with van der Waals surface area (Å²) in [5.41, 5.74) is -1.53. The van der Waals surface area contributed by atoms with Crippen molar-refractivity contribution in [3.8, 4) is 5.75 Å². The number of hydrogen-bond donors (Lipinski definition) is 0. The van der Waals surface area contributed by atoms with E-state index in [0.717, 1.165) is 6.07 Å². The number of carboxylic acids is 1. The molecule has 0 fully saturated rings. The number of nitro benzene ring substituents is 1. The van der Waals surface area contributed by atoms with Crippen molar-refractivity contribution >= 4 is 11.7 Å². The molecular formula is C10H6F4NO5-. The van der Waals surface area contributed by atoms with Gasteiger partial charge < -0.3 is 14.6 Å². The van der Waals surface area contributed by atoms with Gasteiger partial charge in [0, 0.05) is 11.6 Å². The molecule has 0 unspecified atom stereocenters. The second-order valence-corrected chi connectivity index (χ2v) is 3.58. The quantitative estimate of drug-likeness (QED) is 0.447. The Morgan fingerprint density at radius 2 is 2.00 bits per heavy atom. The van der Waals surface area contributed by atoms with Crippen molar-refractivity contribution in [1.82, 2.24) is 0 Å². The van der Waals surface area contributed by atoms with Crippen LogP contribution < -0.4 is 9.84 Å². The van der Waals surface area contributed by atoms with Gasteiger partial charge in [0.2, 0.25) is 0 Å². The number of carbonyl (C=O) groups excluding carboxylic acids is 1. The number of nitro groups is 1. The van der Waals surface area contributed by atoms with E-state index in [1.807, 2.05) is 0 Å². The lowest BCUT2D eigenvalue weighted by molar-refractivity contribution is -0.386. The molecule has 0 N–H and O–H groups in total. The molecular weight excluding hydrogens is 290 g/mol. The maximum Gasteiger partial charge on any atom is 0.340 e. The molecule has 0 saturated heterocycles. The molecule has 10 heteroatoms. The molecule has 0 atom stereocenters. The molecule has 1 aromatic rings. The third-order valence-electron chi connectivity index (χ3n) is 2.13. The molecule has 6 nitrogen and oxygen atoms in total. The standard InChI is InChI=1S/C10H7F4NO5/c11-9(12)10(13,14)4-20-7-2-1-5(8(16)17)3-6(7)15(18)19/h1-3,9H,4H2,(H,16,17)/p-1. The zero-order valence-corrected chi connectivity index (χ0v) is 9.52. The lowest BCUT2D eigenvalue weighted by Crippen LogP contribution is -2.33. The molecule has 110 valence electrons. The number of benzene rings is 1. The normalized spacial score (nSPS) is 11.4. The number of nitrogens with zero attached hydrogens (tertiary/aromatic N) is 1. The summed E-state index contributed by atoms with van der Waals surface area (Å²) in [4.78, 5) is 20.0. The fourth-order valence-electron chi connectivity index (χ4n) is 1.15. The van der Waals surface area contributed by atoms with Crippen molar-refractivity contribution in [3.05, 3.63) is 33.9 Å². The predicted molar refractivity (Wildman–Crippen MR) is 53.9 cm³/mol. The Hall–Kier alpha value is -2.39. The van der Waals surface area contributed by atoms with Gasteiger partial charge in [-0.25, -0.2) is 8.78 Å². The number of alkyl halides is 4. The minimum absolute atomic E-state index is 0.519. The molecule has 0 aliphatic heterocycles. The SMILES string of the molecule is O=C([O-])c1ccc(OCC(F)(F)C(F)F)c([N+](=O)[O-])c1. The highest BCUT2D eigenvalue weighted by molar-refractivity contribution is 5.87. The van der Waals surface area contributed by atoms with E-state index in [9.17, 15) is 37.6 Å². The Kier molecular flexibility index (Phi) is 4.48. The zero-order valence-electron chi connectivity index (χ0n) is 9.52. The molecule has 20 heavy (non-hydrogen) atoms. The van der Waals surface area contributed by atoms with Gasteiger partial charge in [-0.1, -0.05) is 0 Å². The molecule has 0 spiro atoms. The van der Waals surface area contributed by atoms with Crippen LogP contribution in [-0.2, 0) is 0 Å². The third-order valence-corrected chi connectivity index (χ3v) is 2.13. The third kappa shape index (κ3) is 3.56. The van der Waals surface area contributed by atoms with Gasteiger partial charge in [0.15, 0.2) is 12.4 Å². The highest BCUT2D eigenvalue weighted by Gasteiger charge is 2.42. The highest BCUT2D eigenvalue weighted by Crippen LogP contribution is 2.30. The van der Waals surface area contributed by atoms with E-state index < -0.39 is 46.8 Å². The van der Waals surface area contributed by atoms with Crippen LogP contribution in [0.4, 0.5) is 23.2 Å². The Morgan fingerprint density at radius 3 is 2.45 bits per heavy atom. The minimum atomic E-state index is -4.49. The summed E-state index contributed by atoms with van der Waals surface area (Å²) in [5.74, 6) is -6.96. The van der Waals surface area contributed by atoms with E-state index in [2.05, 4.69) is 4.74 Å². The van der Waals surface area contributed by atoms with Crippen LogP contribution in [0.5, 0.6) is 5.75 Å². The van der Waals surface area contributed by atoms with Crippen molar-refractivity contribution in [2.24, 2.45) is 0 Å². The van der Waals surface area contributed by atoms with Gasteiger partial charge >= 0.3 is 18.0 Å². The number of carboxylic acid groups (broad SMARTS) is 1. The summed E-state index contributed by atoms with van der Waals surface area (Å²) in [6.45, 7) is -1.78. The van der Waals surface area contributed by atoms with Crippen LogP contribution in [0.15, 0.2) is 18.2 Å². The first-order valence-electron chi connectivity index (χ1n) is 4.93. The van der Waals surface area contributed by atoms with E-state index in [-0.39, 0.29) is 0 Å². The average molecular weight is 296 g/mol. The topological polar surface area (TPSA) is 92.5 Å². The zero-order chi connectivity index (χ0) is 15.5. The largest absolute Gasteiger partial charge is 0.545 e. The van der Waals surface area contributed by atoms with E-state index in [1.165, 1.54) is 0 Å². The monoisotopic (exact) mass is 296 g/mol. The van der Waals surface area contributed by atoms with Gasteiger partial charge in [-0.2, -0.15) is 8.78 Å². The highest BCUT2D eigenvalue weighted by atomic mass is 19.3. The van der Waals surface area contributed by atoms with Crippen LogP contribution in [-0.4, -0.2) is 29.8 Å². The Labute approximate surface area is 108 Å². The van der Waals surface area contributed by atoms with E-state index in [4.69, 9.17) is 0 Å². The fraction of sp³-hybridized carbons (Fsp3) is 0.300. The number of carbonyl (C=O) groups is 1. The Morgan fingerprint density at radius 1 is 1.40 bits per heavy atom. The van der Waals surface area contributed by atoms with Crippen LogP contribution in [0, 0.1) is 10.1 Å². The van der Waals surface area contributed by atoms with Gasteiger partial charge in [0.05, 0.1) is 10.9 Å². The molecule has 0 amide bonds. The van der Waals surface area contributed by atoms with E-state index in [0.29, 0.717) is 12.1 Å². The number of ether oxygens (including phenoxy) is 1. The number of aromatic carboxylic acids is 1. The van der Waals surface area contributed by atoms with Crippen molar-refractivity contribution in [3.63, 3.8) is 0 Å². The molecule has 1 aromatic carbocycles. The molecule has 0 aliphatic carbocycles. The van der Waals surface area contributed by atoms with Gasteiger partial charge in [0.25, 0.3) is 0 Å². The average Bonchev–Trinajstić information content (AvgIpc) is 2.35. The molecule has 0 saturated carbocycles. The van der Waals surface area contributed by atoms with Crippen LogP contribution in [0.25, 0.3) is 0 Å². The van der Waals surface area contributed by atoms with Gasteiger partial charge in [-0.3, -0.25) is 10.1 Å². The molecule has 0 aromatic heterocycles. The second-order valence-electron chi connectivity index (χ2n) is 3.58. The molecule has 0 radical (unpaired) electrons. The summed E-state index contributed by atoms with van der Waals surface area (Å²) >= 11 is 0. The van der Waals surface area contributed by atoms with Crippen molar-refractivity contribution in [2.45, 2.75) is 12.3 Å². The smallest absolute Gasteiger partial charge is 0.340 e. The first-order valence-corrected chi connectivity index (χ1v) is 4.93. The first-order chi connectivity index (χ1) is 9.15. The summed E-state index contributed by atoms with van der Waals surface area (Å²) in [5, 5.41) is 21.1. The summed E-state index contributed by atoms with van der Waals surface area (Å²) in [6.07, 6.45) is -4.00. The van der Waals surface area contributed by atoms with Gasteiger partial charge in [-0.15, -0.1) is 0 Å². The van der Waals surface area contributed by atoms with Crippen LogP contribution in [0.1, 0.15) is 10.4 Å².